The highest BCUT2D eigenvalue weighted by molar-refractivity contribution is 6.33. The molecule has 0 bridgehead atoms. The molecule has 2 rings (SSSR count). The average Bonchev–Trinajstić information content (AvgIpc) is 2.60. The largest absolute Gasteiger partial charge is 0.399 e. The van der Waals surface area contributed by atoms with Crippen LogP contribution in [-0.2, 0) is 9.59 Å². The van der Waals surface area contributed by atoms with E-state index >= 15 is 0 Å². The van der Waals surface area contributed by atoms with Gasteiger partial charge in [-0.25, -0.2) is 4.90 Å². The van der Waals surface area contributed by atoms with Gasteiger partial charge in [0.25, 0.3) is 5.91 Å². The minimum Gasteiger partial charge on any atom is -0.399 e. The second kappa shape index (κ2) is 8.05. The monoisotopic (exact) mass is 369 g/mol. The van der Waals surface area contributed by atoms with E-state index in [1.807, 2.05) is 0 Å². The van der Waals surface area contributed by atoms with E-state index in [1.165, 1.54) is 25.3 Å². The number of carbonyl (C=O) groups is 2. The van der Waals surface area contributed by atoms with Crippen LogP contribution in [0.3, 0.4) is 0 Å². The average molecular weight is 370 g/mol. The van der Waals surface area contributed by atoms with Crippen molar-refractivity contribution in [1.82, 2.24) is 0 Å². The number of anilines is 4. The van der Waals surface area contributed by atoms with Crippen molar-refractivity contribution < 1.29 is 9.59 Å². The van der Waals surface area contributed by atoms with Gasteiger partial charge in [-0.3, -0.25) is 9.59 Å². The Balaban J connectivity index is 2.29. The molecule has 0 aliphatic carbocycles. The Hall–Kier alpha value is -3.50. The number of hydrogen-bond acceptors (Lipinski definition) is 6. The number of amides is 2. The van der Waals surface area contributed by atoms with E-state index in [9.17, 15) is 14.9 Å². The van der Waals surface area contributed by atoms with Crippen LogP contribution in [0.15, 0.2) is 54.2 Å². The Morgan fingerprint density at radius 3 is 2.38 bits per heavy atom. The van der Waals surface area contributed by atoms with Crippen LogP contribution in [0.25, 0.3) is 0 Å². The number of rotatable bonds is 4. The predicted octanol–water partition coefficient (Wildman–Crippen LogP) is 2.90. The van der Waals surface area contributed by atoms with Crippen molar-refractivity contribution in [1.29, 1.82) is 5.26 Å². The van der Waals surface area contributed by atoms with Crippen molar-refractivity contribution in [2.75, 3.05) is 21.7 Å². The summed E-state index contributed by atoms with van der Waals surface area (Å²) in [4.78, 5) is 25.5. The molecule has 5 N–H and O–H groups in total. The summed E-state index contributed by atoms with van der Waals surface area (Å²) in [6.07, 6.45) is 1.21. The normalized spacial score (nSPS) is 10.7. The van der Waals surface area contributed by atoms with Gasteiger partial charge in [0.1, 0.15) is 11.6 Å². The molecule has 0 heterocycles. The molecule has 7 nitrogen and oxygen atoms in total. The van der Waals surface area contributed by atoms with Crippen molar-refractivity contribution in [3.63, 3.8) is 0 Å². The zero-order valence-electron chi connectivity index (χ0n) is 13.9. The van der Waals surface area contributed by atoms with Crippen molar-refractivity contribution >= 4 is 46.2 Å². The molecule has 0 spiro atoms. The number of nitrogens with two attached hydrogens (primary N) is 2. The fourth-order valence-electron chi connectivity index (χ4n) is 2.10. The molecule has 8 heteroatoms. The number of hydrogen-bond donors (Lipinski definition) is 3. The summed E-state index contributed by atoms with van der Waals surface area (Å²) in [6, 6.07) is 12.7. The van der Waals surface area contributed by atoms with Crippen molar-refractivity contribution in [2.24, 2.45) is 0 Å². The molecule has 0 fully saturated rings. The van der Waals surface area contributed by atoms with E-state index in [0.29, 0.717) is 27.8 Å². The van der Waals surface area contributed by atoms with Gasteiger partial charge in [0.15, 0.2) is 0 Å². The number of nitrogens with one attached hydrogen (secondary N) is 1. The van der Waals surface area contributed by atoms with E-state index in [0.717, 1.165) is 4.90 Å². The number of imide groups is 1. The van der Waals surface area contributed by atoms with E-state index in [2.05, 4.69) is 5.32 Å². The van der Waals surface area contributed by atoms with Crippen LogP contribution >= 0.6 is 11.6 Å². The van der Waals surface area contributed by atoms with Crippen molar-refractivity contribution in [3.8, 4) is 6.07 Å². The van der Waals surface area contributed by atoms with Crippen LogP contribution in [0, 0.1) is 11.3 Å². The quantitative estimate of drug-likeness (QED) is 0.432. The van der Waals surface area contributed by atoms with E-state index < -0.39 is 11.8 Å². The molecule has 0 atom stereocenters. The van der Waals surface area contributed by atoms with E-state index in [-0.39, 0.29) is 5.57 Å². The lowest BCUT2D eigenvalue weighted by Gasteiger charge is -2.19. The predicted molar refractivity (Wildman–Crippen MR) is 102 cm³/mol. The highest BCUT2D eigenvalue weighted by Gasteiger charge is 2.23. The zero-order valence-corrected chi connectivity index (χ0v) is 14.6. The van der Waals surface area contributed by atoms with E-state index in [1.54, 1.807) is 36.4 Å². The highest BCUT2D eigenvalue weighted by Crippen LogP contribution is 2.23. The second-order valence-corrected chi connectivity index (χ2v) is 5.71. The maximum Gasteiger partial charge on any atom is 0.277 e. The van der Waals surface area contributed by atoms with Crippen LogP contribution in [0.2, 0.25) is 5.02 Å². The SMILES string of the molecule is CC(=O)N(C(=O)/C(C#N)=C\Nc1ccc(N)c(Cl)c1)c1ccc(N)cc1. The third kappa shape index (κ3) is 4.32. The Labute approximate surface area is 155 Å². The van der Waals surface area contributed by atoms with Gasteiger partial charge in [-0.05, 0) is 42.5 Å². The lowest BCUT2D eigenvalue weighted by atomic mass is 10.2. The van der Waals surface area contributed by atoms with Crippen LogP contribution in [0.5, 0.6) is 0 Å². The number of nitriles is 1. The van der Waals surface area contributed by atoms with Crippen LogP contribution in [0.1, 0.15) is 6.92 Å². The minimum atomic E-state index is -0.765. The maximum atomic E-state index is 12.6. The van der Waals surface area contributed by atoms with Gasteiger partial charge in [-0.15, -0.1) is 0 Å². The number of carbonyl (C=O) groups excluding carboxylic acids is 2. The van der Waals surface area contributed by atoms with Crippen LogP contribution in [-0.4, -0.2) is 11.8 Å². The number of halogens is 1. The van der Waals surface area contributed by atoms with Crippen molar-refractivity contribution in [3.05, 3.63) is 59.3 Å². The Bertz CT molecular complexity index is 916. The molecule has 0 aliphatic heterocycles. The Morgan fingerprint density at radius 1 is 1.19 bits per heavy atom. The summed E-state index contributed by atoms with van der Waals surface area (Å²) >= 11 is 5.93. The van der Waals surface area contributed by atoms with Gasteiger partial charge in [-0.2, -0.15) is 5.26 Å². The van der Waals surface area contributed by atoms with E-state index in [4.69, 9.17) is 23.1 Å². The van der Waals surface area contributed by atoms with Gasteiger partial charge in [0.05, 0.1) is 16.4 Å². The first-order valence-electron chi connectivity index (χ1n) is 7.46. The van der Waals surface area contributed by atoms with Gasteiger partial charge in [0.2, 0.25) is 5.91 Å². The summed E-state index contributed by atoms with van der Waals surface area (Å²) in [5, 5.41) is 12.4. The summed E-state index contributed by atoms with van der Waals surface area (Å²) in [5.41, 5.74) is 12.7. The second-order valence-electron chi connectivity index (χ2n) is 5.30. The first-order valence-corrected chi connectivity index (χ1v) is 7.83. The van der Waals surface area contributed by atoms with Gasteiger partial charge in [-0.1, -0.05) is 11.6 Å². The molecule has 0 unspecified atom stereocenters. The minimum absolute atomic E-state index is 0.259. The summed E-state index contributed by atoms with van der Waals surface area (Å²) in [6.45, 7) is 1.23. The molecule has 0 aromatic heterocycles. The molecule has 26 heavy (non-hydrogen) atoms. The van der Waals surface area contributed by atoms with Crippen LogP contribution < -0.4 is 21.7 Å². The molecule has 0 saturated carbocycles. The lowest BCUT2D eigenvalue weighted by molar-refractivity contribution is -0.123. The molecule has 2 aromatic rings. The fourth-order valence-corrected chi connectivity index (χ4v) is 2.28. The third-order valence-corrected chi connectivity index (χ3v) is 3.73. The fraction of sp³-hybridized carbons (Fsp3) is 0.0556. The standard InChI is InChI=1S/C18H16ClN5O2/c1-11(25)24(15-5-2-13(21)3-6-15)18(26)12(9-20)10-23-14-4-7-17(22)16(19)8-14/h2-8,10,23H,21-22H2,1H3/b12-10-. The first kappa shape index (κ1) is 18.8. The summed E-state index contributed by atoms with van der Waals surface area (Å²) in [7, 11) is 0. The molecule has 0 radical (unpaired) electrons. The van der Waals surface area contributed by atoms with Gasteiger partial charge in [0, 0.05) is 24.5 Å². The zero-order chi connectivity index (χ0) is 19.3. The lowest BCUT2D eigenvalue weighted by Crippen LogP contribution is -2.36. The third-order valence-electron chi connectivity index (χ3n) is 3.40. The summed E-state index contributed by atoms with van der Waals surface area (Å²) in [5.74, 6) is -1.30. The number of benzene rings is 2. The van der Waals surface area contributed by atoms with Gasteiger partial charge < -0.3 is 16.8 Å². The highest BCUT2D eigenvalue weighted by atomic mass is 35.5. The number of nitrogens with zero attached hydrogens (tertiary/aromatic N) is 2. The summed E-state index contributed by atoms with van der Waals surface area (Å²) < 4.78 is 0. The molecule has 0 aliphatic rings. The Kier molecular flexibility index (Phi) is 5.83. The molecular formula is C18H16ClN5O2. The molecule has 0 saturated heterocycles. The number of nitrogen functional groups attached to an aromatic ring is 2. The smallest absolute Gasteiger partial charge is 0.277 e. The molecule has 132 valence electrons. The maximum absolute atomic E-state index is 12.6. The molecule has 2 amide bonds. The first-order chi connectivity index (χ1) is 12.3. The topological polar surface area (TPSA) is 125 Å². The molecular weight excluding hydrogens is 354 g/mol. The Morgan fingerprint density at radius 2 is 1.85 bits per heavy atom. The van der Waals surface area contributed by atoms with Crippen molar-refractivity contribution in [2.45, 2.75) is 6.92 Å². The van der Waals surface area contributed by atoms with Crippen LogP contribution in [0.4, 0.5) is 22.7 Å². The van der Waals surface area contributed by atoms with Gasteiger partial charge >= 0.3 is 0 Å². The molecule has 2 aromatic carbocycles.